The number of nitrogens with one attached hydrogen (secondary N) is 1. The van der Waals surface area contributed by atoms with E-state index < -0.39 is 0 Å². The summed E-state index contributed by atoms with van der Waals surface area (Å²) in [4.78, 5) is 11.1. The molecule has 0 unspecified atom stereocenters. The first-order chi connectivity index (χ1) is 5.84. The van der Waals surface area contributed by atoms with Crippen LogP contribution < -0.4 is 5.32 Å². The molecule has 1 aromatic rings. The highest BCUT2D eigenvalue weighted by atomic mass is 32.1. The molecule has 0 saturated heterocycles. The Labute approximate surface area is 74.2 Å². The number of rotatable bonds is 2. The molecular formula is C7H7N3OS. The van der Waals surface area contributed by atoms with E-state index >= 15 is 0 Å². The lowest BCUT2D eigenvalue weighted by Gasteiger charge is -1.94. The van der Waals surface area contributed by atoms with Gasteiger partial charge in [-0.05, 0) is 18.5 Å². The summed E-state index contributed by atoms with van der Waals surface area (Å²) in [6, 6.07) is 0. The van der Waals surface area contributed by atoms with Crippen molar-refractivity contribution in [2.45, 2.75) is 6.92 Å². The van der Waals surface area contributed by atoms with Crippen LogP contribution in [-0.2, 0) is 0 Å². The zero-order valence-electron chi connectivity index (χ0n) is 6.50. The van der Waals surface area contributed by atoms with Crippen LogP contribution in [0.1, 0.15) is 17.4 Å². The molecule has 0 spiro atoms. The lowest BCUT2D eigenvalue weighted by atomic mass is 10.4. The third kappa shape index (κ3) is 2.32. The van der Waals surface area contributed by atoms with Crippen molar-refractivity contribution < 1.29 is 4.79 Å². The van der Waals surface area contributed by atoms with Crippen molar-refractivity contribution in [1.29, 1.82) is 0 Å². The second-order valence-electron chi connectivity index (χ2n) is 1.90. The number of carbonyl (C=O) groups excluding carboxylic acids is 1. The fourth-order valence-corrected chi connectivity index (χ4v) is 1.00. The standard InChI is InChI=1S/C7H7N3OS/c1-2-3-4-8-7(11)6-5-12-10-9-6/h5H,4H2,1H3,(H,8,11). The molecule has 0 radical (unpaired) electrons. The monoisotopic (exact) mass is 181 g/mol. The van der Waals surface area contributed by atoms with Crippen molar-refractivity contribution in [3.05, 3.63) is 11.1 Å². The highest BCUT2D eigenvalue weighted by Crippen LogP contribution is 1.95. The van der Waals surface area contributed by atoms with Crippen molar-refractivity contribution in [3.63, 3.8) is 0 Å². The minimum Gasteiger partial charge on any atom is -0.340 e. The average molecular weight is 181 g/mol. The molecule has 1 N–H and O–H groups in total. The van der Waals surface area contributed by atoms with E-state index in [1.807, 2.05) is 0 Å². The first-order valence-corrected chi connectivity index (χ1v) is 4.13. The largest absolute Gasteiger partial charge is 0.340 e. The third-order valence-corrected chi connectivity index (χ3v) is 1.61. The minimum absolute atomic E-state index is 0.230. The molecule has 0 saturated carbocycles. The Morgan fingerprint density at radius 3 is 3.25 bits per heavy atom. The molecule has 5 heteroatoms. The van der Waals surface area contributed by atoms with E-state index in [0.29, 0.717) is 12.2 Å². The number of aromatic nitrogens is 2. The van der Waals surface area contributed by atoms with E-state index in [4.69, 9.17) is 0 Å². The smallest absolute Gasteiger partial charge is 0.273 e. The minimum atomic E-state index is -0.230. The van der Waals surface area contributed by atoms with E-state index in [-0.39, 0.29) is 5.91 Å². The van der Waals surface area contributed by atoms with Crippen LogP contribution in [0.25, 0.3) is 0 Å². The van der Waals surface area contributed by atoms with E-state index in [1.54, 1.807) is 12.3 Å². The molecule has 1 heterocycles. The predicted molar refractivity (Wildman–Crippen MR) is 45.7 cm³/mol. The van der Waals surface area contributed by atoms with E-state index in [2.05, 4.69) is 26.7 Å². The number of carbonyl (C=O) groups is 1. The number of hydrogen-bond donors (Lipinski definition) is 1. The summed E-state index contributed by atoms with van der Waals surface area (Å²) in [5, 5.41) is 7.77. The zero-order valence-corrected chi connectivity index (χ0v) is 7.31. The van der Waals surface area contributed by atoms with Crippen LogP contribution in [0.3, 0.4) is 0 Å². The van der Waals surface area contributed by atoms with Gasteiger partial charge in [-0.1, -0.05) is 10.4 Å². The van der Waals surface area contributed by atoms with Gasteiger partial charge in [0.05, 0.1) is 6.54 Å². The molecule has 12 heavy (non-hydrogen) atoms. The Bertz CT molecular complexity index is 309. The number of hydrogen-bond acceptors (Lipinski definition) is 4. The van der Waals surface area contributed by atoms with Gasteiger partial charge < -0.3 is 5.32 Å². The Hall–Kier alpha value is -1.41. The highest BCUT2D eigenvalue weighted by molar-refractivity contribution is 7.03. The Morgan fingerprint density at radius 1 is 1.83 bits per heavy atom. The maximum Gasteiger partial charge on any atom is 0.273 e. The molecule has 0 fully saturated rings. The Balaban J connectivity index is 2.43. The summed E-state index contributed by atoms with van der Waals surface area (Å²) in [5.74, 6) is 5.15. The maximum absolute atomic E-state index is 11.1. The molecular weight excluding hydrogens is 174 g/mol. The average Bonchev–Trinajstić information content (AvgIpc) is 2.56. The van der Waals surface area contributed by atoms with Crippen molar-refractivity contribution in [2.24, 2.45) is 0 Å². The predicted octanol–water partition coefficient (Wildman–Crippen LogP) is 0.291. The van der Waals surface area contributed by atoms with Crippen LogP contribution >= 0.6 is 11.5 Å². The fourth-order valence-electron chi connectivity index (χ4n) is 0.567. The fraction of sp³-hybridized carbons (Fsp3) is 0.286. The summed E-state index contributed by atoms with van der Waals surface area (Å²) in [7, 11) is 0. The topological polar surface area (TPSA) is 54.9 Å². The van der Waals surface area contributed by atoms with Crippen LogP contribution in [0.5, 0.6) is 0 Å². The molecule has 0 bridgehead atoms. The van der Waals surface area contributed by atoms with Crippen molar-refractivity contribution in [1.82, 2.24) is 14.9 Å². The normalized spacial score (nSPS) is 8.42. The quantitative estimate of drug-likeness (QED) is 0.667. The molecule has 0 aromatic carbocycles. The van der Waals surface area contributed by atoms with Crippen molar-refractivity contribution >= 4 is 17.4 Å². The molecule has 0 atom stereocenters. The van der Waals surface area contributed by atoms with Crippen LogP contribution in [0.2, 0.25) is 0 Å². The summed E-state index contributed by atoms with van der Waals surface area (Å²) in [5.41, 5.74) is 0.345. The van der Waals surface area contributed by atoms with Gasteiger partial charge in [0.25, 0.3) is 5.91 Å². The summed E-state index contributed by atoms with van der Waals surface area (Å²) >= 11 is 1.15. The van der Waals surface area contributed by atoms with Gasteiger partial charge in [-0.3, -0.25) is 4.79 Å². The van der Waals surface area contributed by atoms with Gasteiger partial charge >= 0.3 is 0 Å². The van der Waals surface area contributed by atoms with E-state index in [9.17, 15) is 4.79 Å². The van der Waals surface area contributed by atoms with E-state index in [0.717, 1.165) is 11.5 Å². The van der Waals surface area contributed by atoms with Gasteiger partial charge in [0, 0.05) is 5.38 Å². The van der Waals surface area contributed by atoms with Crippen LogP contribution in [0.4, 0.5) is 0 Å². The number of nitrogens with zero attached hydrogens (tertiary/aromatic N) is 2. The first-order valence-electron chi connectivity index (χ1n) is 3.29. The Kier molecular flexibility index (Phi) is 3.23. The molecule has 62 valence electrons. The summed E-state index contributed by atoms with van der Waals surface area (Å²) < 4.78 is 3.57. The van der Waals surface area contributed by atoms with Gasteiger partial charge in [0.1, 0.15) is 0 Å². The molecule has 0 aliphatic heterocycles. The third-order valence-electron chi connectivity index (χ3n) is 1.11. The second-order valence-corrected chi connectivity index (χ2v) is 2.51. The van der Waals surface area contributed by atoms with E-state index in [1.165, 1.54) is 0 Å². The van der Waals surface area contributed by atoms with Crippen LogP contribution in [0, 0.1) is 11.8 Å². The van der Waals surface area contributed by atoms with Gasteiger partial charge in [0.2, 0.25) is 0 Å². The zero-order chi connectivity index (χ0) is 8.81. The van der Waals surface area contributed by atoms with Crippen LogP contribution in [0.15, 0.2) is 5.38 Å². The lowest BCUT2D eigenvalue weighted by molar-refractivity contribution is 0.0954. The molecule has 1 aromatic heterocycles. The molecule has 0 aliphatic carbocycles. The second kappa shape index (κ2) is 4.46. The van der Waals surface area contributed by atoms with Gasteiger partial charge in [-0.2, -0.15) is 0 Å². The maximum atomic E-state index is 11.1. The van der Waals surface area contributed by atoms with Gasteiger partial charge in [-0.25, -0.2) is 0 Å². The van der Waals surface area contributed by atoms with Gasteiger partial charge in [-0.15, -0.1) is 11.0 Å². The Morgan fingerprint density at radius 2 is 2.67 bits per heavy atom. The molecule has 4 nitrogen and oxygen atoms in total. The lowest BCUT2D eigenvalue weighted by Crippen LogP contribution is -2.23. The van der Waals surface area contributed by atoms with Crippen molar-refractivity contribution in [3.8, 4) is 11.8 Å². The van der Waals surface area contributed by atoms with Gasteiger partial charge in [0.15, 0.2) is 5.69 Å². The summed E-state index contributed by atoms with van der Waals surface area (Å²) in [6.07, 6.45) is 0. The summed E-state index contributed by atoms with van der Waals surface area (Å²) in [6.45, 7) is 2.07. The molecule has 1 rings (SSSR count). The molecule has 0 aliphatic rings. The van der Waals surface area contributed by atoms with Crippen molar-refractivity contribution in [2.75, 3.05) is 6.54 Å². The molecule has 1 amide bonds. The van der Waals surface area contributed by atoms with Crippen LogP contribution in [-0.4, -0.2) is 22.0 Å². The SMILES string of the molecule is CC#CCNC(=O)c1csnn1. The first kappa shape index (κ1) is 8.68. The number of amides is 1. The highest BCUT2D eigenvalue weighted by Gasteiger charge is 2.05.